The fraction of sp³-hybridized carbons (Fsp3) is 0.158. The first-order chi connectivity index (χ1) is 29.1. The minimum absolute atomic E-state index is 0.0732. The van der Waals surface area contributed by atoms with E-state index in [9.17, 15) is 0 Å². The van der Waals surface area contributed by atoms with E-state index in [2.05, 4.69) is 222 Å². The average molecular weight is 772 g/mol. The number of hydrogen-bond acceptors (Lipinski definition) is 2. The zero-order valence-corrected chi connectivity index (χ0v) is 35.1. The molecule has 0 aromatic heterocycles. The number of fused-ring (bicyclic) bond motifs is 6. The summed E-state index contributed by atoms with van der Waals surface area (Å²) in [6.45, 7) is 12.1. The second-order valence-corrected chi connectivity index (χ2v) is 18.4. The highest BCUT2D eigenvalue weighted by Crippen LogP contribution is 2.51. The van der Waals surface area contributed by atoms with Crippen LogP contribution in [0.1, 0.15) is 57.2 Å². The van der Waals surface area contributed by atoms with Crippen LogP contribution in [0.5, 0.6) is 0 Å². The number of nitrogens with zero attached hydrogens (tertiary/aromatic N) is 1. The molecule has 2 nitrogen and oxygen atoms in total. The molecule has 0 fully saturated rings. The molecular formula is C57H48BN2. The number of nitrogens with one attached hydrogen (secondary N) is 1. The molecule has 9 aromatic carbocycles. The van der Waals surface area contributed by atoms with Gasteiger partial charge < -0.3 is 10.2 Å². The summed E-state index contributed by atoms with van der Waals surface area (Å²) in [6.07, 6.45) is 2.36. The van der Waals surface area contributed by atoms with Gasteiger partial charge in [0, 0.05) is 33.7 Å². The number of rotatable bonds is 5. The summed E-state index contributed by atoms with van der Waals surface area (Å²) in [7, 11) is 2.46. The van der Waals surface area contributed by atoms with Crippen molar-refractivity contribution in [2.45, 2.75) is 58.3 Å². The van der Waals surface area contributed by atoms with Gasteiger partial charge in [-0.25, -0.2) is 0 Å². The fourth-order valence-corrected chi connectivity index (χ4v) is 10.2. The van der Waals surface area contributed by atoms with Gasteiger partial charge in [-0.15, -0.1) is 0 Å². The Hall–Kier alpha value is -6.58. The molecule has 0 spiro atoms. The molecule has 1 radical (unpaired) electrons. The molecule has 3 heteroatoms. The van der Waals surface area contributed by atoms with Crippen LogP contribution in [0, 0.1) is 6.92 Å². The second-order valence-electron chi connectivity index (χ2n) is 18.4. The Kier molecular flexibility index (Phi) is 8.36. The van der Waals surface area contributed by atoms with Crippen molar-refractivity contribution in [3.8, 4) is 22.3 Å². The van der Waals surface area contributed by atoms with Gasteiger partial charge in [-0.3, -0.25) is 0 Å². The largest absolute Gasteiger partial charge is 0.355 e. The minimum atomic E-state index is 0.0732. The first-order valence-corrected chi connectivity index (χ1v) is 21.5. The fourth-order valence-electron chi connectivity index (χ4n) is 10.2. The van der Waals surface area contributed by atoms with Gasteiger partial charge in [-0.2, -0.15) is 0 Å². The Morgan fingerprint density at radius 2 is 1.08 bits per heavy atom. The van der Waals surface area contributed by atoms with Crippen LogP contribution in [0.15, 0.2) is 170 Å². The van der Waals surface area contributed by atoms with E-state index < -0.39 is 0 Å². The van der Waals surface area contributed by atoms with Crippen LogP contribution in [0.3, 0.4) is 0 Å². The predicted molar refractivity (Wildman–Crippen MR) is 259 cm³/mol. The van der Waals surface area contributed by atoms with Gasteiger partial charge in [0.05, 0.1) is 5.69 Å². The summed E-state index contributed by atoms with van der Waals surface area (Å²) in [5.74, 6) is 0. The zero-order chi connectivity index (χ0) is 40.8. The monoisotopic (exact) mass is 771 g/mol. The van der Waals surface area contributed by atoms with E-state index in [-0.39, 0.29) is 10.8 Å². The molecule has 289 valence electrons. The summed E-state index contributed by atoms with van der Waals surface area (Å²) in [5.41, 5.74) is 17.6. The Balaban J connectivity index is 1.18. The summed E-state index contributed by atoms with van der Waals surface area (Å²) in [5, 5.41) is 11.3. The van der Waals surface area contributed by atoms with Crippen molar-refractivity contribution in [2.75, 3.05) is 10.2 Å². The number of aryl methyl sites for hydroxylation is 1. The number of anilines is 5. The molecule has 0 bridgehead atoms. The molecule has 0 amide bonds. The van der Waals surface area contributed by atoms with Crippen LogP contribution in [0.25, 0.3) is 54.6 Å². The SMILES string of the molecule is Cc1cc2c(cc1N1c3cc4ccccc4cc3[B]c3c1cc1ccccc1c3-c1ccc3ccccc3c1Nc1ccc(-c3ccccc3)cc1)C(C)(C)CCC2(C)C. The lowest BCUT2D eigenvalue weighted by Crippen LogP contribution is -2.41. The van der Waals surface area contributed by atoms with Gasteiger partial charge in [-0.05, 0) is 127 Å². The van der Waals surface area contributed by atoms with E-state index in [1.54, 1.807) is 0 Å². The highest BCUT2D eigenvalue weighted by atomic mass is 15.2. The third-order valence-corrected chi connectivity index (χ3v) is 13.6. The van der Waals surface area contributed by atoms with Crippen molar-refractivity contribution in [2.24, 2.45) is 0 Å². The van der Waals surface area contributed by atoms with Gasteiger partial charge in [0.15, 0.2) is 7.28 Å². The molecule has 0 atom stereocenters. The van der Waals surface area contributed by atoms with Crippen LogP contribution in [-0.4, -0.2) is 7.28 Å². The van der Waals surface area contributed by atoms with E-state index in [0.717, 1.165) is 11.4 Å². The van der Waals surface area contributed by atoms with Gasteiger partial charge >= 0.3 is 0 Å². The Morgan fingerprint density at radius 1 is 0.500 bits per heavy atom. The molecule has 0 unspecified atom stereocenters. The Labute approximate surface area is 354 Å². The summed E-state index contributed by atoms with van der Waals surface area (Å²) in [6, 6.07) is 63.0. The maximum absolute atomic E-state index is 3.98. The predicted octanol–water partition coefficient (Wildman–Crippen LogP) is 14.3. The molecule has 1 aliphatic carbocycles. The maximum atomic E-state index is 3.98. The van der Waals surface area contributed by atoms with Gasteiger partial charge in [0.1, 0.15) is 0 Å². The first kappa shape index (κ1) is 36.5. The Bertz CT molecular complexity index is 3160. The standard InChI is InChI=1S/C57H48BN2/c1-36-31-47-48(57(4,5)30-29-56(47,2)3)35-50(36)60-51-33-41-19-10-9-18-40(41)32-49(51)58-54-52(60)34-42-20-12-13-21-44(42)53(54)46-28-25-39-17-11-14-22-45(39)55(46)59-43-26-23-38(24-27-43)37-15-7-6-8-16-37/h6-28,31-35,59H,29-30H2,1-5H3. The van der Waals surface area contributed by atoms with Gasteiger partial charge in [0.25, 0.3) is 0 Å². The van der Waals surface area contributed by atoms with Crippen molar-refractivity contribution in [3.05, 3.63) is 187 Å². The van der Waals surface area contributed by atoms with E-state index in [1.807, 2.05) is 0 Å². The quantitative estimate of drug-likeness (QED) is 0.175. The number of benzene rings is 9. The summed E-state index contributed by atoms with van der Waals surface area (Å²) in [4.78, 5) is 2.59. The Morgan fingerprint density at radius 3 is 1.82 bits per heavy atom. The van der Waals surface area contributed by atoms with Gasteiger partial charge in [-0.1, -0.05) is 173 Å². The highest BCUT2D eigenvalue weighted by Gasteiger charge is 2.39. The molecular weight excluding hydrogens is 723 g/mol. The number of hydrogen-bond donors (Lipinski definition) is 1. The van der Waals surface area contributed by atoms with Crippen LogP contribution >= 0.6 is 0 Å². The van der Waals surface area contributed by atoms with Crippen molar-refractivity contribution in [1.29, 1.82) is 0 Å². The molecule has 1 aliphatic heterocycles. The van der Waals surface area contributed by atoms with Crippen LogP contribution in [0.2, 0.25) is 0 Å². The first-order valence-electron chi connectivity index (χ1n) is 21.5. The van der Waals surface area contributed by atoms with Crippen LogP contribution in [-0.2, 0) is 10.8 Å². The molecule has 11 rings (SSSR count). The van der Waals surface area contributed by atoms with Crippen molar-refractivity contribution in [3.63, 3.8) is 0 Å². The third-order valence-electron chi connectivity index (χ3n) is 13.6. The molecule has 1 N–H and O–H groups in total. The molecule has 0 saturated carbocycles. The van der Waals surface area contributed by atoms with E-state index in [1.165, 1.54) is 112 Å². The molecule has 9 aromatic rings. The molecule has 0 saturated heterocycles. The molecule has 2 aliphatic rings. The van der Waals surface area contributed by atoms with Crippen molar-refractivity contribution in [1.82, 2.24) is 0 Å². The third kappa shape index (κ3) is 5.94. The summed E-state index contributed by atoms with van der Waals surface area (Å²) >= 11 is 0. The highest BCUT2D eigenvalue weighted by molar-refractivity contribution is 6.74. The van der Waals surface area contributed by atoms with Gasteiger partial charge in [0.2, 0.25) is 0 Å². The van der Waals surface area contributed by atoms with Crippen molar-refractivity contribution < 1.29 is 0 Å². The van der Waals surface area contributed by atoms with E-state index in [4.69, 9.17) is 0 Å². The maximum Gasteiger partial charge on any atom is 0.197 e. The zero-order valence-electron chi connectivity index (χ0n) is 35.1. The molecule has 60 heavy (non-hydrogen) atoms. The van der Waals surface area contributed by atoms with E-state index in [0.29, 0.717) is 0 Å². The second kappa shape index (κ2) is 13.7. The van der Waals surface area contributed by atoms with Crippen LogP contribution in [0.4, 0.5) is 28.4 Å². The topological polar surface area (TPSA) is 15.3 Å². The average Bonchev–Trinajstić information content (AvgIpc) is 3.27. The van der Waals surface area contributed by atoms with Crippen molar-refractivity contribution >= 4 is 79.0 Å². The normalized spacial score (nSPS) is 15.0. The van der Waals surface area contributed by atoms with E-state index >= 15 is 0 Å². The lowest BCUT2D eigenvalue weighted by atomic mass is 9.57. The minimum Gasteiger partial charge on any atom is -0.355 e. The summed E-state index contributed by atoms with van der Waals surface area (Å²) < 4.78 is 0. The van der Waals surface area contributed by atoms with Crippen LogP contribution < -0.4 is 21.1 Å². The molecule has 1 heterocycles. The smallest absolute Gasteiger partial charge is 0.197 e. The lowest BCUT2D eigenvalue weighted by Gasteiger charge is -2.44. The lowest BCUT2D eigenvalue weighted by molar-refractivity contribution is 0.332.